The maximum Gasteiger partial charge on any atom is 0.254 e. The van der Waals surface area contributed by atoms with Gasteiger partial charge in [-0.2, -0.15) is 0 Å². The Morgan fingerprint density at radius 3 is 1.19 bits per heavy atom. The zero-order chi connectivity index (χ0) is 77.8. The molecule has 0 unspecified atom stereocenters. The van der Waals surface area contributed by atoms with E-state index in [2.05, 4.69) is 97.6 Å². The highest BCUT2D eigenvalue weighted by atomic mass is 19.1. The third kappa shape index (κ3) is 14.5. The van der Waals surface area contributed by atoms with Gasteiger partial charge < -0.3 is 70.6 Å². The van der Waals surface area contributed by atoms with E-state index in [0.29, 0.717) is 113 Å². The van der Waals surface area contributed by atoms with E-state index in [1.807, 2.05) is 75.8 Å². The topological polar surface area (TPSA) is 271 Å². The molecular formula is C84H86F3N21O6. The molecule has 27 nitrogen and oxygen atoms in total. The fourth-order valence-electron chi connectivity index (χ4n) is 16.8. The number of amides is 3. The predicted octanol–water partition coefficient (Wildman–Crippen LogP) is 11.0. The van der Waals surface area contributed by atoms with Crippen LogP contribution in [-0.4, -0.2) is 201 Å². The van der Waals surface area contributed by atoms with Gasteiger partial charge in [0.25, 0.3) is 17.7 Å². The number of hydrogen-bond acceptors (Lipinski definition) is 21. The van der Waals surface area contributed by atoms with Crippen molar-refractivity contribution in [1.29, 1.82) is 0 Å². The number of halogens is 3. The summed E-state index contributed by atoms with van der Waals surface area (Å²) in [6.45, 7) is 13.9. The van der Waals surface area contributed by atoms with Crippen molar-refractivity contribution in [3.8, 4) is 33.8 Å². The molecular weight excluding hydrogens is 1460 g/mol. The Labute approximate surface area is 654 Å². The second-order valence-corrected chi connectivity index (χ2v) is 30.4. The Hall–Kier alpha value is -11.9. The second kappa shape index (κ2) is 31.2. The third-order valence-corrected chi connectivity index (χ3v) is 22.8. The Balaban J connectivity index is 0.000000119. The molecule has 8 aliphatic rings. The van der Waals surface area contributed by atoms with Gasteiger partial charge in [-0.25, -0.2) is 43.1 Å². The molecule has 30 heteroatoms. The maximum absolute atomic E-state index is 13.7. The molecule has 0 aliphatic carbocycles. The number of aromatic nitrogens is 10. The average molecular weight is 1540 g/mol. The van der Waals surface area contributed by atoms with E-state index in [4.69, 9.17) is 34.1 Å². The van der Waals surface area contributed by atoms with Crippen molar-refractivity contribution in [1.82, 2.24) is 78.7 Å². The molecule has 3 atom stereocenters. The number of carbonyl (C=O) groups is 3. The third-order valence-electron chi connectivity index (χ3n) is 22.8. The van der Waals surface area contributed by atoms with Crippen molar-refractivity contribution in [2.45, 2.75) is 63.2 Å². The maximum atomic E-state index is 13.7. The standard InChI is InChI=1S/2C29H30FN7O2.C26H26FN7O2/c2*1-35-9-11-36(12-10-35)28-20(18-7-13-39-17-18)3-5-25(34-28)33-23-4-2-21(22-15-32-29(38)27(22)23)24-16-31-26-14-19(30)6-8-37(24)26;1-33(2)13-20-25(15-6-8-36-14-15)29-12-22(32-20)31-19-4-3-17(18-10-30-26(35)24(18)19)21-11-28-23-9-16(27)5-7-34(21)23/h2*2-6,8,14,16,18H,7,9-13,15,17H2,1H3,(H,32,38)(H,33,34);3-5,7,9,11-12,15H,6,8,10,13-14H2,1-2H3,(H,30,35)(H,31,32)/t2*18-;15-/m101/s1. The van der Waals surface area contributed by atoms with Crippen molar-refractivity contribution in [3.05, 3.63) is 214 Å². The van der Waals surface area contributed by atoms with Crippen LogP contribution in [0.3, 0.4) is 0 Å². The number of likely N-dealkylation sites (N-methyl/N-ethyl adjacent to an activating group) is 2. The fourth-order valence-corrected chi connectivity index (χ4v) is 16.8. The number of fused-ring (bicyclic) bond motifs is 6. The van der Waals surface area contributed by atoms with Crippen LogP contribution in [0.25, 0.3) is 50.7 Å². The number of nitrogens with one attached hydrogen (secondary N) is 6. The summed E-state index contributed by atoms with van der Waals surface area (Å²) in [7, 11) is 8.30. The van der Waals surface area contributed by atoms with Gasteiger partial charge in [-0.05, 0) is 113 Å². The quantitative estimate of drug-likeness (QED) is 0.0525. The van der Waals surface area contributed by atoms with Gasteiger partial charge in [0.1, 0.15) is 63.5 Å². The molecule has 584 valence electrons. The van der Waals surface area contributed by atoms with Crippen molar-refractivity contribution in [2.75, 3.05) is 146 Å². The Kier molecular flexibility index (Phi) is 20.1. The minimum Gasteiger partial charge on any atom is -0.381 e. The lowest BCUT2D eigenvalue weighted by atomic mass is 9.98. The van der Waals surface area contributed by atoms with Crippen LogP contribution >= 0.6 is 0 Å². The van der Waals surface area contributed by atoms with E-state index in [1.165, 1.54) is 47.5 Å². The second-order valence-electron chi connectivity index (χ2n) is 30.4. The normalized spacial score (nSPS) is 18.7. The molecule has 0 radical (unpaired) electrons. The van der Waals surface area contributed by atoms with Crippen molar-refractivity contribution in [2.24, 2.45) is 0 Å². The highest BCUT2D eigenvalue weighted by Crippen LogP contribution is 2.42. The first-order valence-electron chi connectivity index (χ1n) is 38.7. The molecule has 5 saturated heterocycles. The van der Waals surface area contributed by atoms with Gasteiger partial charge in [-0.3, -0.25) is 32.6 Å². The first kappa shape index (κ1) is 73.5. The van der Waals surface area contributed by atoms with Gasteiger partial charge in [0.2, 0.25) is 0 Å². The van der Waals surface area contributed by atoms with Crippen LogP contribution in [0.5, 0.6) is 0 Å². The predicted molar refractivity (Wildman–Crippen MR) is 427 cm³/mol. The molecule has 3 aromatic carbocycles. The molecule has 0 bridgehead atoms. The largest absolute Gasteiger partial charge is 0.381 e. The van der Waals surface area contributed by atoms with E-state index in [-0.39, 0.29) is 41.1 Å². The summed E-state index contributed by atoms with van der Waals surface area (Å²) in [5.41, 5.74) is 17.4. The summed E-state index contributed by atoms with van der Waals surface area (Å²) in [5, 5.41) is 19.1. The van der Waals surface area contributed by atoms with Crippen LogP contribution < -0.4 is 41.7 Å². The zero-order valence-corrected chi connectivity index (χ0v) is 63.7. The molecule has 3 amide bonds. The van der Waals surface area contributed by atoms with Gasteiger partial charge in [-0.15, -0.1) is 0 Å². The molecule has 114 heavy (non-hydrogen) atoms. The zero-order valence-electron chi connectivity index (χ0n) is 63.7. The Bertz CT molecular complexity index is 5480. The van der Waals surface area contributed by atoms with E-state index in [0.717, 1.165) is 178 Å². The van der Waals surface area contributed by atoms with Gasteiger partial charge in [0.15, 0.2) is 0 Å². The first-order valence-corrected chi connectivity index (χ1v) is 38.7. The number of anilines is 8. The van der Waals surface area contributed by atoms with Crippen molar-refractivity contribution in [3.63, 3.8) is 0 Å². The molecule has 0 spiro atoms. The van der Waals surface area contributed by atoms with Crippen LogP contribution in [-0.2, 0) is 40.4 Å². The van der Waals surface area contributed by atoms with Crippen molar-refractivity contribution >= 4 is 80.8 Å². The number of rotatable bonds is 16. The first-order chi connectivity index (χ1) is 55.6. The lowest BCUT2D eigenvalue weighted by Gasteiger charge is -2.35. The minimum atomic E-state index is -0.345. The summed E-state index contributed by atoms with van der Waals surface area (Å²) >= 11 is 0. The smallest absolute Gasteiger partial charge is 0.254 e. The molecule has 20 rings (SSSR count). The summed E-state index contributed by atoms with van der Waals surface area (Å²) in [6, 6.07) is 28.3. The number of nitrogens with zero attached hydrogens (tertiary/aromatic N) is 15. The Morgan fingerprint density at radius 2 is 0.825 bits per heavy atom. The number of pyridine rings is 5. The Morgan fingerprint density at radius 1 is 0.447 bits per heavy atom. The summed E-state index contributed by atoms with van der Waals surface area (Å²) in [5.74, 6) is 3.47. The van der Waals surface area contributed by atoms with E-state index < -0.39 is 0 Å². The SMILES string of the molecule is CN(C)Cc1nc(Nc2ccc(-c3cnc4cc(F)ccn34)c3c2C(=O)NC3)cnc1[C@@H]1CCOC1.CN1CCN(c2nc(Nc3ccc(-c4cnc5cc(F)ccn45)c4c3C(=O)NC4)ccc2[C@@H]2CCOC2)CC1.CN1CCN(c2nc(Nc3ccc(-c4cnc5cc(F)ccn45)c4c3C(=O)NC4)ccc2[C@H]2CCOC2)CC1. The number of piperazine rings is 2. The number of hydrogen-bond donors (Lipinski definition) is 6. The van der Waals surface area contributed by atoms with Gasteiger partial charge >= 0.3 is 0 Å². The molecule has 0 saturated carbocycles. The minimum absolute atomic E-state index is 0.131. The molecule has 6 N–H and O–H groups in total. The van der Waals surface area contributed by atoms with Crippen LogP contribution in [0.4, 0.5) is 59.3 Å². The highest BCUT2D eigenvalue weighted by Gasteiger charge is 2.35. The summed E-state index contributed by atoms with van der Waals surface area (Å²) in [4.78, 5) is 83.2. The lowest BCUT2D eigenvalue weighted by Crippen LogP contribution is -2.45. The number of benzene rings is 3. The lowest BCUT2D eigenvalue weighted by molar-refractivity contribution is 0.0958. The van der Waals surface area contributed by atoms with Crippen LogP contribution in [0, 0.1) is 17.5 Å². The van der Waals surface area contributed by atoms with E-state index in [1.54, 1.807) is 43.4 Å². The summed E-state index contributed by atoms with van der Waals surface area (Å²) < 4.78 is 63.5. The van der Waals surface area contributed by atoms with Gasteiger partial charge in [0, 0.05) is 181 Å². The molecule has 5 fully saturated rings. The van der Waals surface area contributed by atoms with Crippen LogP contribution in [0.1, 0.15) is 107 Å². The van der Waals surface area contributed by atoms with E-state index >= 15 is 0 Å². The monoisotopic (exact) mass is 1540 g/mol. The molecule has 17 heterocycles. The summed E-state index contributed by atoms with van der Waals surface area (Å²) in [6.07, 6.45) is 14.8. The van der Waals surface area contributed by atoms with Crippen molar-refractivity contribution < 1.29 is 41.8 Å². The van der Waals surface area contributed by atoms with Gasteiger partial charge in [0.05, 0.1) is 107 Å². The van der Waals surface area contributed by atoms with Gasteiger partial charge in [-0.1, -0.05) is 30.3 Å². The molecule has 8 aliphatic heterocycles. The average Bonchev–Trinajstić information content (AvgIpc) is 1.60. The number of imidazole rings is 3. The van der Waals surface area contributed by atoms with E-state index in [9.17, 15) is 27.6 Å². The van der Waals surface area contributed by atoms with Crippen LogP contribution in [0.15, 0.2) is 140 Å². The highest BCUT2D eigenvalue weighted by molar-refractivity contribution is 6.08. The number of ether oxygens (including phenoxy) is 3. The molecule has 9 aromatic heterocycles. The van der Waals surface area contributed by atoms with Crippen LogP contribution in [0.2, 0.25) is 0 Å². The fraction of sp³-hybridized carbons (Fsp3) is 0.333. The number of carbonyl (C=O) groups excluding carboxylic acids is 3. The molecule has 12 aromatic rings.